The minimum absolute atomic E-state index is 0.291. The van der Waals surface area contributed by atoms with Gasteiger partial charge in [-0.25, -0.2) is 0 Å². The largest absolute Gasteiger partial charge is 0.481 e. The highest BCUT2D eigenvalue weighted by atomic mass is 16.4. The highest BCUT2D eigenvalue weighted by Gasteiger charge is 2.57. The molecule has 0 aromatic heterocycles. The second-order valence-electron chi connectivity index (χ2n) is 5.63. The SMILES string of the molecule is N[C@@H]1C2CC3C[C@H]1C[C@@](C(=O)O)(C3)C2. The zero-order valence-electron chi connectivity index (χ0n) is 8.28. The van der Waals surface area contributed by atoms with Crippen molar-refractivity contribution in [1.29, 1.82) is 0 Å². The van der Waals surface area contributed by atoms with Crippen molar-refractivity contribution in [3.8, 4) is 0 Å². The third-order valence-corrected chi connectivity index (χ3v) is 4.80. The first-order valence-corrected chi connectivity index (χ1v) is 5.60. The molecule has 4 bridgehead atoms. The predicted octanol–water partition coefficient (Wildman–Crippen LogP) is 1.22. The molecule has 0 spiro atoms. The first kappa shape index (κ1) is 8.72. The molecule has 3 N–H and O–H groups in total. The highest BCUT2D eigenvalue weighted by molar-refractivity contribution is 5.75. The molecule has 3 nitrogen and oxygen atoms in total. The summed E-state index contributed by atoms with van der Waals surface area (Å²) in [5.74, 6) is 1.09. The molecular weight excluding hydrogens is 178 g/mol. The standard InChI is InChI=1S/C11H17NO2/c12-9-7-1-6-2-8(9)5-11(3-6,4-7)10(13)14/h6-9H,1-5,12H2,(H,13,14)/t6?,7-,8?,9-,11-/m0/s1. The molecule has 0 heterocycles. The lowest BCUT2D eigenvalue weighted by Crippen LogP contribution is -2.58. The number of hydrogen-bond donors (Lipinski definition) is 2. The van der Waals surface area contributed by atoms with Crippen LogP contribution in [-0.4, -0.2) is 17.1 Å². The molecule has 14 heavy (non-hydrogen) atoms. The fraction of sp³-hybridized carbons (Fsp3) is 0.909. The van der Waals surface area contributed by atoms with E-state index in [0.717, 1.165) is 19.3 Å². The van der Waals surface area contributed by atoms with E-state index in [9.17, 15) is 9.90 Å². The van der Waals surface area contributed by atoms with Crippen molar-refractivity contribution in [2.24, 2.45) is 28.9 Å². The Balaban J connectivity index is 1.96. The lowest BCUT2D eigenvalue weighted by molar-refractivity contribution is -0.166. The monoisotopic (exact) mass is 195 g/mol. The van der Waals surface area contributed by atoms with Gasteiger partial charge >= 0.3 is 5.97 Å². The molecule has 4 rings (SSSR count). The second kappa shape index (κ2) is 2.51. The number of carbonyl (C=O) groups is 1. The Bertz CT molecular complexity index is 273. The minimum Gasteiger partial charge on any atom is -0.481 e. The Morgan fingerprint density at radius 1 is 1.21 bits per heavy atom. The van der Waals surface area contributed by atoms with Gasteiger partial charge in [0.05, 0.1) is 5.41 Å². The molecule has 0 amide bonds. The third-order valence-electron chi connectivity index (χ3n) is 4.80. The normalized spacial score (nSPS) is 54.9. The van der Waals surface area contributed by atoms with Gasteiger partial charge < -0.3 is 10.8 Å². The average Bonchev–Trinajstić information content (AvgIpc) is 2.12. The summed E-state index contributed by atoms with van der Waals surface area (Å²) in [4.78, 5) is 11.3. The van der Waals surface area contributed by atoms with E-state index in [1.54, 1.807) is 0 Å². The quantitative estimate of drug-likeness (QED) is 0.661. The molecule has 0 aromatic carbocycles. The Kier molecular flexibility index (Phi) is 1.56. The maximum atomic E-state index is 11.3. The van der Waals surface area contributed by atoms with Gasteiger partial charge in [-0.3, -0.25) is 4.79 Å². The van der Waals surface area contributed by atoms with Gasteiger partial charge in [0.1, 0.15) is 0 Å². The van der Waals surface area contributed by atoms with Crippen molar-refractivity contribution in [2.75, 3.05) is 0 Å². The van der Waals surface area contributed by atoms with E-state index in [2.05, 4.69) is 0 Å². The number of aliphatic carboxylic acids is 1. The second-order valence-corrected chi connectivity index (χ2v) is 5.63. The van der Waals surface area contributed by atoms with Crippen LogP contribution in [0.4, 0.5) is 0 Å². The van der Waals surface area contributed by atoms with E-state index >= 15 is 0 Å². The molecule has 4 aliphatic rings. The average molecular weight is 195 g/mol. The van der Waals surface area contributed by atoms with E-state index in [0.29, 0.717) is 23.8 Å². The summed E-state index contributed by atoms with van der Waals surface area (Å²) in [5.41, 5.74) is 5.75. The molecule has 3 heteroatoms. The Hall–Kier alpha value is -0.570. The number of hydrogen-bond acceptors (Lipinski definition) is 2. The number of carboxylic acid groups (broad SMARTS) is 1. The molecule has 4 aliphatic carbocycles. The van der Waals surface area contributed by atoms with Gasteiger partial charge in [0.2, 0.25) is 0 Å². The summed E-state index contributed by atoms with van der Waals surface area (Å²) in [5, 5.41) is 9.32. The van der Waals surface area contributed by atoms with Crippen molar-refractivity contribution in [3.05, 3.63) is 0 Å². The Morgan fingerprint density at radius 2 is 1.79 bits per heavy atom. The van der Waals surface area contributed by atoms with E-state index in [-0.39, 0.29) is 5.41 Å². The first-order valence-electron chi connectivity index (χ1n) is 5.60. The maximum absolute atomic E-state index is 11.3. The van der Waals surface area contributed by atoms with Gasteiger partial charge in [0.25, 0.3) is 0 Å². The smallest absolute Gasteiger partial charge is 0.309 e. The predicted molar refractivity (Wildman–Crippen MR) is 51.6 cm³/mol. The molecule has 0 saturated heterocycles. The van der Waals surface area contributed by atoms with Crippen LogP contribution < -0.4 is 5.73 Å². The number of nitrogens with two attached hydrogens (primary N) is 1. The van der Waals surface area contributed by atoms with Crippen LogP contribution in [0.3, 0.4) is 0 Å². The lowest BCUT2D eigenvalue weighted by atomic mass is 9.48. The summed E-state index contributed by atoms with van der Waals surface area (Å²) in [7, 11) is 0. The van der Waals surface area contributed by atoms with Gasteiger partial charge in [0, 0.05) is 6.04 Å². The van der Waals surface area contributed by atoms with Crippen molar-refractivity contribution >= 4 is 5.97 Å². The zero-order valence-corrected chi connectivity index (χ0v) is 8.28. The Labute approximate surface area is 83.7 Å². The molecule has 0 aromatic rings. The van der Waals surface area contributed by atoms with Crippen molar-refractivity contribution in [3.63, 3.8) is 0 Å². The van der Waals surface area contributed by atoms with Crippen LogP contribution in [0.15, 0.2) is 0 Å². The van der Waals surface area contributed by atoms with Gasteiger partial charge in [-0.05, 0) is 49.9 Å². The highest BCUT2D eigenvalue weighted by Crippen LogP contribution is 2.59. The van der Waals surface area contributed by atoms with Gasteiger partial charge in [-0.1, -0.05) is 0 Å². The van der Waals surface area contributed by atoms with Crippen LogP contribution in [-0.2, 0) is 4.79 Å². The van der Waals surface area contributed by atoms with E-state index < -0.39 is 5.97 Å². The molecule has 78 valence electrons. The van der Waals surface area contributed by atoms with Crippen LogP contribution in [0.5, 0.6) is 0 Å². The van der Waals surface area contributed by atoms with Crippen molar-refractivity contribution < 1.29 is 9.90 Å². The summed E-state index contributed by atoms with van der Waals surface area (Å²) < 4.78 is 0. The first-order chi connectivity index (χ1) is 6.61. The zero-order chi connectivity index (χ0) is 9.92. The topological polar surface area (TPSA) is 63.3 Å². The summed E-state index contributed by atoms with van der Waals surface area (Å²) in [6.45, 7) is 0. The molecule has 4 saturated carbocycles. The van der Waals surface area contributed by atoms with Gasteiger partial charge in [-0.2, -0.15) is 0 Å². The van der Waals surface area contributed by atoms with Gasteiger partial charge in [-0.15, -0.1) is 0 Å². The fourth-order valence-corrected chi connectivity index (χ4v) is 4.33. The number of rotatable bonds is 1. The number of carboxylic acids is 1. The Morgan fingerprint density at radius 3 is 2.29 bits per heavy atom. The van der Waals surface area contributed by atoms with Crippen molar-refractivity contribution in [1.82, 2.24) is 0 Å². The molecule has 5 atom stereocenters. The minimum atomic E-state index is -0.566. The van der Waals surface area contributed by atoms with Crippen LogP contribution >= 0.6 is 0 Å². The molecule has 4 fully saturated rings. The molecule has 0 radical (unpaired) electrons. The lowest BCUT2D eigenvalue weighted by Gasteiger charge is -2.57. The summed E-state index contributed by atoms with van der Waals surface area (Å²) in [6.07, 6.45) is 4.98. The van der Waals surface area contributed by atoms with Crippen LogP contribution in [0, 0.1) is 23.2 Å². The van der Waals surface area contributed by atoms with Crippen LogP contribution in [0.25, 0.3) is 0 Å². The van der Waals surface area contributed by atoms with E-state index in [1.807, 2.05) is 0 Å². The van der Waals surface area contributed by atoms with Crippen LogP contribution in [0.2, 0.25) is 0 Å². The fourth-order valence-electron chi connectivity index (χ4n) is 4.33. The van der Waals surface area contributed by atoms with E-state index in [1.165, 1.54) is 12.8 Å². The van der Waals surface area contributed by atoms with Crippen LogP contribution in [0.1, 0.15) is 32.1 Å². The van der Waals surface area contributed by atoms with Gasteiger partial charge in [0.15, 0.2) is 0 Å². The molecule has 2 unspecified atom stereocenters. The van der Waals surface area contributed by atoms with E-state index in [4.69, 9.17) is 5.73 Å². The summed E-state index contributed by atoms with van der Waals surface area (Å²) >= 11 is 0. The maximum Gasteiger partial charge on any atom is 0.309 e. The summed E-state index contributed by atoms with van der Waals surface area (Å²) in [6, 6.07) is 0.291. The molecule has 0 aliphatic heterocycles. The molecular formula is C11H17NO2. The third kappa shape index (κ3) is 0.937. The van der Waals surface area contributed by atoms with Crippen molar-refractivity contribution in [2.45, 2.75) is 38.1 Å².